The minimum absolute atomic E-state index is 0.0112. The molecule has 0 radical (unpaired) electrons. The van der Waals surface area contributed by atoms with E-state index in [9.17, 15) is 9.18 Å². The standard InChI is InChI=1S/C12H18ClFN4O/c1-17-10(2-3-16-17)8-18-7-9(14)4-11(18)6-15-12(19)5-13/h2-3,9,11H,4-8H2,1H3,(H,15,19)/t9-,11-/m0/s1. The van der Waals surface area contributed by atoms with Gasteiger partial charge in [-0.2, -0.15) is 5.10 Å². The van der Waals surface area contributed by atoms with Gasteiger partial charge in [-0.3, -0.25) is 14.4 Å². The first-order chi connectivity index (χ1) is 9.10. The Kier molecular flexibility index (Phi) is 4.76. The van der Waals surface area contributed by atoms with Crippen LogP contribution >= 0.6 is 11.6 Å². The molecule has 0 aliphatic carbocycles. The van der Waals surface area contributed by atoms with Gasteiger partial charge in [0.25, 0.3) is 0 Å². The number of halogens is 2. The Balaban J connectivity index is 1.93. The summed E-state index contributed by atoms with van der Waals surface area (Å²) in [5, 5.41) is 6.82. The molecule has 1 N–H and O–H groups in total. The Morgan fingerprint density at radius 1 is 1.68 bits per heavy atom. The molecule has 1 aliphatic heterocycles. The van der Waals surface area contributed by atoms with Crippen LogP contribution in [0.4, 0.5) is 4.39 Å². The van der Waals surface area contributed by atoms with Crippen LogP contribution in [0.1, 0.15) is 12.1 Å². The number of carbonyl (C=O) groups is 1. The van der Waals surface area contributed by atoms with Gasteiger partial charge in [0, 0.05) is 38.9 Å². The van der Waals surface area contributed by atoms with Gasteiger partial charge in [-0.1, -0.05) is 0 Å². The first kappa shape index (κ1) is 14.3. The van der Waals surface area contributed by atoms with E-state index in [1.165, 1.54) is 0 Å². The predicted octanol–water partition coefficient (Wildman–Crippen LogP) is 0.688. The largest absolute Gasteiger partial charge is 0.353 e. The summed E-state index contributed by atoms with van der Waals surface area (Å²) in [6.07, 6.45) is 1.33. The van der Waals surface area contributed by atoms with Gasteiger partial charge in [0.15, 0.2) is 0 Å². The zero-order valence-electron chi connectivity index (χ0n) is 10.9. The Labute approximate surface area is 116 Å². The van der Waals surface area contributed by atoms with Gasteiger partial charge in [0.05, 0.1) is 5.69 Å². The fourth-order valence-electron chi connectivity index (χ4n) is 2.37. The molecule has 0 aromatic carbocycles. The van der Waals surface area contributed by atoms with Crippen molar-refractivity contribution in [1.82, 2.24) is 20.0 Å². The van der Waals surface area contributed by atoms with Crippen LogP contribution in [0.5, 0.6) is 0 Å². The number of aryl methyl sites for hydroxylation is 1. The first-order valence-corrected chi connectivity index (χ1v) is 6.81. The molecule has 0 saturated carbocycles. The predicted molar refractivity (Wildman–Crippen MR) is 70.6 cm³/mol. The summed E-state index contributed by atoms with van der Waals surface area (Å²) < 4.78 is 15.3. The van der Waals surface area contributed by atoms with E-state index >= 15 is 0 Å². The summed E-state index contributed by atoms with van der Waals surface area (Å²) in [6.45, 7) is 1.47. The van der Waals surface area contributed by atoms with Gasteiger partial charge in [0.2, 0.25) is 5.91 Å². The molecule has 1 saturated heterocycles. The maximum Gasteiger partial charge on any atom is 0.234 e. The van der Waals surface area contributed by atoms with Crippen molar-refractivity contribution >= 4 is 17.5 Å². The quantitative estimate of drug-likeness (QED) is 0.811. The van der Waals surface area contributed by atoms with Crippen molar-refractivity contribution in [3.05, 3.63) is 18.0 Å². The van der Waals surface area contributed by atoms with Gasteiger partial charge in [-0.25, -0.2) is 4.39 Å². The van der Waals surface area contributed by atoms with Crippen LogP contribution in [0.3, 0.4) is 0 Å². The van der Waals surface area contributed by atoms with Crippen LogP contribution in [0, 0.1) is 0 Å². The van der Waals surface area contributed by atoms with Crippen molar-refractivity contribution in [2.75, 3.05) is 19.0 Å². The first-order valence-electron chi connectivity index (χ1n) is 6.27. The molecule has 7 heteroatoms. The van der Waals surface area contributed by atoms with Gasteiger partial charge in [0.1, 0.15) is 12.1 Å². The van der Waals surface area contributed by atoms with Crippen molar-refractivity contribution in [2.24, 2.45) is 7.05 Å². The third-order valence-corrected chi connectivity index (χ3v) is 3.66. The molecule has 19 heavy (non-hydrogen) atoms. The molecule has 0 spiro atoms. The summed E-state index contributed by atoms with van der Waals surface area (Å²) in [5.41, 5.74) is 1.03. The lowest BCUT2D eigenvalue weighted by Gasteiger charge is -2.24. The zero-order chi connectivity index (χ0) is 13.8. The van der Waals surface area contributed by atoms with Gasteiger partial charge < -0.3 is 5.32 Å². The number of rotatable bonds is 5. The summed E-state index contributed by atoms with van der Waals surface area (Å²) in [6, 6.07) is 1.93. The number of aromatic nitrogens is 2. The van der Waals surface area contributed by atoms with Crippen molar-refractivity contribution in [3.63, 3.8) is 0 Å². The van der Waals surface area contributed by atoms with Crippen molar-refractivity contribution in [2.45, 2.75) is 25.2 Å². The molecular formula is C12H18ClFN4O. The topological polar surface area (TPSA) is 50.2 Å². The van der Waals surface area contributed by atoms with E-state index in [1.807, 2.05) is 18.0 Å². The van der Waals surface area contributed by atoms with E-state index < -0.39 is 6.17 Å². The maximum absolute atomic E-state index is 13.6. The highest BCUT2D eigenvalue weighted by molar-refractivity contribution is 6.27. The summed E-state index contributed by atoms with van der Waals surface area (Å²) in [7, 11) is 1.86. The number of amides is 1. The monoisotopic (exact) mass is 288 g/mol. The summed E-state index contributed by atoms with van der Waals surface area (Å²) in [4.78, 5) is 13.2. The van der Waals surface area contributed by atoms with Crippen molar-refractivity contribution in [3.8, 4) is 0 Å². The van der Waals surface area contributed by atoms with E-state index in [0.717, 1.165) is 5.69 Å². The SMILES string of the molecule is Cn1nccc1CN1C[C@@H](F)C[C@H]1CNC(=O)CCl. The van der Waals surface area contributed by atoms with E-state index in [4.69, 9.17) is 11.6 Å². The molecule has 1 aromatic rings. The number of hydrogen-bond acceptors (Lipinski definition) is 3. The lowest BCUT2D eigenvalue weighted by atomic mass is 10.2. The van der Waals surface area contributed by atoms with Crippen LogP contribution in [0.2, 0.25) is 0 Å². The van der Waals surface area contributed by atoms with Crippen LogP contribution in [0.15, 0.2) is 12.3 Å². The van der Waals surface area contributed by atoms with Gasteiger partial charge >= 0.3 is 0 Å². The Hall–Kier alpha value is -1.14. The molecule has 2 rings (SSSR count). The lowest BCUT2D eigenvalue weighted by Crippen LogP contribution is -2.40. The molecular weight excluding hydrogens is 271 g/mol. The van der Waals surface area contributed by atoms with Crippen LogP contribution in [-0.4, -0.2) is 51.8 Å². The molecule has 0 unspecified atom stereocenters. The van der Waals surface area contributed by atoms with Gasteiger partial charge in [-0.15, -0.1) is 11.6 Å². The molecule has 5 nitrogen and oxygen atoms in total. The second-order valence-electron chi connectivity index (χ2n) is 4.80. The number of nitrogens with zero attached hydrogens (tertiary/aromatic N) is 3. The number of nitrogens with one attached hydrogen (secondary N) is 1. The lowest BCUT2D eigenvalue weighted by molar-refractivity contribution is -0.118. The van der Waals surface area contributed by atoms with Crippen molar-refractivity contribution < 1.29 is 9.18 Å². The van der Waals surface area contributed by atoms with E-state index in [0.29, 0.717) is 26.1 Å². The molecule has 0 bridgehead atoms. The van der Waals surface area contributed by atoms with E-state index in [1.54, 1.807) is 10.9 Å². The zero-order valence-corrected chi connectivity index (χ0v) is 11.6. The number of hydrogen-bond donors (Lipinski definition) is 1. The molecule has 106 valence electrons. The fraction of sp³-hybridized carbons (Fsp3) is 0.667. The molecule has 1 fully saturated rings. The second kappa shape index (κ2) is 6.34. The number of likely N-dealkylation sites (tertiary alicyclic amines) is 1. The Bertz CT molecular complexity index is 439. The molecule has 2 heterocycles. The van der Waals surface area contributed by atoms with E-state index in [-0.39, 0.29) is 17.8 Å². The Morgan fingerprint density at radius 2 is 2.47 bits per heavy atom. The van der Waals surface area contributed by atoms with Gasteiger partial charge in [-0.05, 0) is 12.5 Å². The third kappa shape index (κ3) is 3.67. The molecule has 1 amide bonds. The third-order valence-electron chi connectivity index (χ3n) is 3.42. The maximum atomic E-state index is 13.6. The molecule has 1 aliphatic rings. The molecule has 1 aromatic heterocycles. The van der Waals surface area contributed by atoms with Crippen LogP contribution in [-0.2, 0) is 18.4 Å². The second-order valence-corrected chi connectivity index (χ2v) is 5.07. The smallest absolute Gasteiger partial charge is 0.234 e. The van der Waals surface area contributed by atoms with Crippen molar-refractivity contribution in [1.29, 1.82) is 0 Å². The summed E-state index contributed by atoms with van der Waals surface area (Å²) in [5.74, 6) is -0.280. The highest BCUT2D eigenvalue weighted by Gasteiger charge is 2.32. The highest BCUT2D eigenvalue weighted by Crippen LogP contribution is 2.22. The van der Waals surface area contributed by atoms with Crippen LogP contribution < -0.4 is 5.32 Å². The summed E-state index contributed by atoms with van der Waals surface area (Å²) >= 11 is 5.43. The average Bonchev–Trinajstić information content (AvgIpc) is 2.94. The fourth-order valence-corrected chi connectivity index (χ4v) is 2.47. The van der Waals surface area contributed by atoms with Crippen LogP contribution in [0.25, 0.3) is 0 Å². The minimum atomic E-state index is -0.842. The molecule has 2 atom stereocenters. The normalized spacial score (nSPS) is 23.7. The average molecular weight is 289 g/mol. The highest BCUT2D eigenvalue weighted by atomic mass is 35.5. The Morgan fingerprint density at radius 3 is 3.11 bits per heavy atom. The minimum Gasteiger partial charge on any atom is -0.353 e. The van der Waals surface area contributed by atoms with E-state index in [2.05, 4.69) is 10.4 Å². The number of alkyl halides is 2. The number of carbonyl (C=O) groups excluding carboxylic acids is 1.